The van der Waals surface area contributed by atoms with E-state index in [9.17, 15) is 9.59 Å². The predicted octanol–water partition coefficient (Wildman–Crippen LogP) is 2.58. The van der Waals surface area contributed by atoms with Gasteiger partial charge in [-0.05, 0) is 32.9 Å². The molecule has 0 spiro atoms. The summed E-state index contributed by atoms with van der Waals surface area (Å²) in [6.07, 6.45) is -0.220. The second-order valence-corrected chi connectivity index (χ2v) is 5.41. The summed E-state index contributed by atoms with van der Waals surface area (Å²) in [7, 11) is 0. The number of para-hydroxylation sites is 1. The zero-order valence-electron chi connectivity index (χ0n) is 10.7. The molecule has 0 aliphatic heterocycles. The van der Waals surface area contributed by atoms with Gasteiger partial charge in [0.1, 0.15) is 6.42 Å². The molecular weight excluding hydrogens is 252 g/mol. The zero-order chi connectivity index (χ0) is 13.8. The number of rotatable bonds is 3. The molecule has 1 aromatic carbocycles. The van der Waals surface area contributed by atoms with Gasteiger partial charge < -0.3 is 10.6 Å². The van der Waals surface area contributed by atoms with E-state index >= 15 is 0 Å². The van der Waals surface area contributed by atoms with Crippen LogP contribution in [0.2, 0.25) is 5.02 Å². The molecule has 0 bridgehead atoms. The summed E-state index contributed by atoms with van der Waals surface area (Å²) in [4.78, 5) is 23.2. The summed E-state index contributed by atoms with van der Waals surface area (Å²) < 4.78 is 0. The van der Waals surface area contributed by atoms with Crippen molar-refractivity contribution in [1.82, 2.24) is 5.32 Å². The van der Waals surface area contributed by atoms with Gasteiger partial charge in [0.25, 0.3) is 0 Å². The fourth-order valence-electron chi connectivity index (χ4n) is 1.37. The number of halogens is 1. The van der Waals surface area contributed by atoms with Crippen LogP contribution >= 0.6 is 11.6 Å². The molecule has 5 heteroatoms. The lowest BCUT2D eigenvalue weighted by atomic mass is 10.1. The first-order valence-corrected chi connectivity index (χ1v) is 6.01. The number of carbonyl (C=O) groups excluding carboxylic acids is 2. The Morgan fingerprint density at radius 1 is 1.17 bits per heavy atom. The third-order valence-electron chi connectivity index (χ3n) is 1.98. The smallest absolute Gasteiger partial charge is 0.233 e. The molecule has 0 saturated heterocycles. The maximum atomic E-state index is 11.6. The van der Waals surface area contributed by atoms with E-state index in [0.717, 1.165) is 0 Å². The van der Waals surface area contributed by atoms with Crippen molar-refractivity contribution in [1.29, 1.82) is 0 Å². The molecule has 1 rings (SSSR count). The van der Waals surface area contributed by atoms with Gasteiger partial charge in [0, 0.05) is 5.54 Å². The van der Waals surface area contributed by atoms with E-state index in [1.54, 1.807) is 24.3 Å². The topological polar surface area (TPSA) is 58.2 Å². The SMILES string of the molecule is CC(C)(C)NC(=O)CC(=O)Nc1ccccc1Cl. The largest absolute Gasteiger partial charge is 0.351 e. The first-order valence-electron chi connectivity index (χ1n) is 5.63. The number of hydrogen-bond donors (Lipinski definition) is 2. The van der Waals surface area contributed by atoms with Crippen LogP contribution in [-0.2, 0) is 9.59 Å². The molecular formula is C13H17ClN2O2. The van der Waals surface area contributed by atoms with E-state index in [2.05, 4.69) is 10.6 Å². The minimum absolute atomic E-state index is 0.220. The first-order chi connectivity index (χ1) is 8.28. The Kier molecular flexibility index (Phi) is 4.73. The molecule has 2 N–H and O–H groups in total. The Hall–Kier alpha value is -1.55. The van der Waals surface area contributed by atoms with Crippen molar-refractivity contribution >= 4 is 29.1 Å². The molecule has 98 valence electrons. The summed E-state index contributed by atoms with van der Waals surface area (Å²) in [5.74, 6) is -0.697. The Morgan fingerprint density at radius 3 is 2.33 bits per heavy atom. The molecule has 0 atom stereocenters. The van der Waals surface area contributed by atoms with E-state index in [0.29, 0.717) is 10.7 Å². The summed E-state index contributed by atoms with van der Waals surface area (Å²) in [5.41, 5.74) is 0.162. The van der Waals surface area contributed by atoms with Crippen molar-refractivity contribution in [3.05, 3.63) is 29.3 Å². The van der Waals surface area contributed by atoms with Crippen molar-refractivity contribution in [2.45, 2.75) is 32.7 Å². The second kappa shape index (κ2) is 5.87. The minimum atomic E-state index is -0.384. The lowest BCUT2D eigenvalue weighted by Crippen LogP contribution is -2.41. The van der Waals surface area contributed by atoms with Gasteiger partial charge in [-0.1, -0.05) is 23.7 Å². The number of benzene rings is 1. The molecule has 0 saturated carbocycles. The highest BCUT2D eigenvalue weighted by Gasteiger charge is 2.16. The fourth-order valence-corrected chi connectivity index (χ4v) is 1.55. The molecule has 2 amide bonds. The monoisotopic (exact) mass is 268 g/mol. The Labute approximate surface area is 112 Å². The summed E-state index contributed by atoms with van der Waals surface area (Å²) in [6.45, 7) is 5.57. The van der Waals surface area contributed by atoms with E-state index < -0.39 is 0 Å². The third-order valence-corrected chi connectivity index (χ3v) is 2.31. The summed E-state index contributed by atoms with van der Waals surface area (Å²) in [6, 6.07) is 6.88. The van der Waals surface area contributed by atoms with Gasteiger partial charge in [-0.25, -0.2) is 0 Å². The van der Waals surface area contributed by atoms with Crippen LogP contribution in [0.5, 0.6) is 0 Å². The van der Waals surface area contributed by atoms with E-state index in [-0.39, 0.29) is 23.8 Å². The van der Waals surface area contributed by atoms with E-state index in [1.165, 1.54) is 0 Å². The average molecular weight is 269 g/mol. The Balaban J connectivity index is 2.53. The van der Waals surface area contributed by atoms with Crippen LogP contribution in [0.15, 0.2) is 24.3 Å². The van der Waals surface area contributed by atoms with Crippen LogP contribution in [0.3, 0.4) is 0 Å². The molecule has 0 aromatic heterocycles. The fraction of sp³-hybridized carbons (Fsp3) is 0.385. The van der Waals surface area contributed by atoms with Crippen LogP contribution in [0, 0.1) is 0 Å². The van der Waals surface area contributed by atoms with E-state index in [1.807, 2.05) is 20.8 Å². The second-order valence-electron chi connectivity index (χ2n) is 5.00. The average Bonchev–Trinajstić information content (AvgIpc) is 2.18. The minimum Gasteiger partial charge on any atom is -0.351 e. The quantitative estimate of drug-likeness (QED) is 0.828. The number of nitrogens with one attached hydrogen (secondary N) is 2. The molecule has 0 aliphatic rings. The Bertz CT molecular complexity index is 453. The van der Waals surface area contributed by atoms with Crippen molar-refractivity contribution < 1.29 is 9.59 Å². The van der Waals surface area contributed by atoms with Gasteiger partial charge in [0.2, 0.25) is 11.8 Å². The van der Waals surface area contributed by atoms with Gasteiger partial charge >= 0.3 is 0 Å². The molecule has 0 aliphatic carbocycles. The number of anilines is 1. The van der Waals surface area contributed by atoms with Gasteiger partial charge in [0.15, 0.2) is 0 Å². The van der Waals surface area contributed by atoms with E-state index in [4.69, 9.17) is 11.6 Å². The van der Waals surface area contributed by atoms with Gasteiger partial charge in [0.05, 0.1) is 10.7 Å². The molecule has 0 radical (unpaired) electrons. The first kappa shape index (κ1) is 14.5. The molecule has 0 heterocycles. The lowest BCUT2D eigenvalue weighted by molar-refractivity contribution is -0.127. The highest BCUT2D eigenvalue weighted by Crippen LogP contribution is 2.20. The third kappa shape index (κ3) is 5.19. The number of hydrogen-bond acceptors (Lipinski definition) is 2. The molecule has 1 aromatic rings. The predicted molar refractivity (Wildman–Crippen MR) is 72.6 cm³/mol. The van der Waals surface area contributed by atoms with Crippen molar-refractivity contribution in [2.75, 3.05) is 5.32 Å². The summed E-state index contributed by atoms with van der Waals surface area (Å²) in [5, 5.41) is 5.76. The van der Waals surface area contributed by atoms with Crippen LogP contribution in [0.25, 0.3) is 0 Å². The maximum absolute atomic E-state index is 11.6. The normalized spacial score (nSPS) is 10.9. The van der Waals surface area contributed by atoms with Crippen molar-refractivity contribution in [2.24, 2.45) is 0 Å². The van der Waals surface area contributed by atoms with Crippen LogP contribution in [-0.4, -0.2) is 17.4 Å². The molecule has 4 nitrogen and oxygen atoms in total. The molecule has 18 heavy (non-hydrogen) atoms. The zero-order valence-corrected chi connectivity index (χ0v) is 11.5. The van der Waals surface area contributed by atoms with Crippen LogP contribution in [0.1, 0.15) is 27.2 Å². The number of carbonyl (C=O) groups is 2. The number of amides is 2. The highest BCUT2D eigenvalue weighted by atomic mass is 35.5. The standard InChI is InChI=1S/C13H17ClN2O2/c1-13(2,3)16-12(18)8-11(17)15-10-7-5-4-6-9(10)14/h4-7H,8H2,1-3H3,(H,15,17)(H,16,18). The highest BCUT2D eigenvalue weighted by molar-refractivity contribution is 6.33. The van der Waals surface area contributed by atoms with Crippen LogP contribution in [0.4, 0.5) is 5.69 Å². The lowest BCUT2D eigenvalue weighted by Gasteiger charge is -2.20. The summed E-state index contributed by atoms with van der Waals surface area (Å²) >= 11 is 5.90. The van der Waals surface area contributed by atoms with Crippen molar-refractivity contribution in [3.8, 4) is 0 Å². The Morgan fingerprint density at radius 2 is 1.78 bits per heavy atom. The van der Waals surface area contributed by atoms with Gasteiger partial charge in [-0.2, -0.15) is 0 Å². The van der Waals surface area contributed by atoms with Gasteiger partial charge in [-0.15, -0.1) is 0 Å². The molecule has 0 fully saturated rings. The molecule has 0 unspecified atom stereocenters. The van der Waals surface area contributed by atoms with Crippen molar-refractivity contribution in [3.63, 3.8) is 0 Å². The van der Waals surface area contributed by atoms with Crippen LogP contribution < -0.4 is 10.6 Å². The van der Waals surface area contributed by atoms with Gasteiger partial charge in [-0.3, -0.25) is 9.59 Å². The maximum Gasteiger partial charge on any atom is 0.233 e.